The molecule has 0 aliphatic rings. The van der Waals surface area contributed by atoms with Crippen molar-refractivity contribution in [2.24, 2.45) is 23.3 Å². The van der Waals surface area contributed by atoms with Gasteiger partial charge in [-0.2, -0.15) is 12.6 Å². The first-order chi connectivity index (χ1) is 14.8. The molecule has 0 aromatic heterocycles. The Labute approximate surface area is 194 Å². The molecule has 5 atom stereocenters. The topological polar surface area (TPSA) is 194 Å². The van der Waals surface area contributed by atoms with Crippen LogP contribution in [-0.4, -0.2) is 64.6 Å². The standard InChI is InChI=1S/C20H37N5O6S/c1-5-11(4)16(25-17(27)12(21)6-7-15(22)26)19(29)24-14(9-32)18(28)23-13(20(30)31)8-10(2)3/h10-14,16,32H,5-9,21H2,1-4H3,(H2,22,26)(H,23,28)(H,24,29)(H,25,27)(H,30,31). The molecular formula is C20H37N5O6S. The summed E-state index contributed by atoms with van der Waals surface area (Å²) in [5.41, 5.74) is 10.8. The van der Waals surface area contributed by atoms with E-state index in [1.165, 1.54) is 0 Å². The second-order valence-corrected chi connectivity index (χ2v) is 8.62. The Morgan fingerprint density at radius 1 is 0.938 bits per heavy atom. The van der Waals surface area contributed by atoms with Crippen molar-refractivity contribution in [3.63, 3.8) is 0 Å². The van der Waals surface area contributed by atoms with Crippen LogP contribution >= 0.6 is 12.6 Å². The average molecular weight is 476 g/mol. The van der Waals surface area contributed by atoms with Crippen molar-refractivity contribution in [3.8, 4) is 0 Å². The van der Waals surface area contributed by atoms with Gasteiger partial charge in [0.15, 0.2) is 0 Å². The fraction of sp³-hybridized carbons (Fsp3) is 0.750. The van der Waals surface area contributed by atoms with E-state index in [0.29, 0.717) is 6.42 Å². The largest absolute Gasteiger partial charge is 0.480 e. The summed E-state index contributed by atoms with van der Waals surface area (Å²) < 4.78 is 0. The zero-order valence-electron chi connectivity index (χ0n) is 19.1. The highest BCUT2D eigenvalue weighted by Gasteiger charge is 2.32. The molecule has 0 spiro atoms. The van der Waals surface area contributed by atoms with Crippen molar-refractivity contribution in [3.05, 3.63) is 0 Å². The highest BCUT2D eigenvalue weighted by atomic mass is 32.1. The SMILES string of the molecule is CCC(C)C(NC(=O)C(N)CCC(N)=O)C(=O)NC(CS)C(=O)NC(CC(C)C)C(=O)O. The Morgan fingerprint density at radius 3 is 1.94 bits per heavy atom. The summed E-state index contributed by atoms with van der Waals surface area (Å²) in [5.74, 6) is -4.04. The molecule has 0 heterocycles. The van der Waals surface area contributed by atoms with Crippen LogP contribution in [0.2, 0.25) is 0 Å². The van der Waals surface area contributed by atoms with Crippen LogP contribution in [0.4, 0.5) is 0 Å². The van der Waals surface area contributed by atoms with Crippen LogP contribution in [0.15, 0.2) is 0 Å². The summed E-state index contributed by atoms with van der Waals surface area (Å²) in [7, 11) is 0. The van der Waals surface area contributed by atoms with Gasteiger partial charge in [-0.05, 0) is 24.7 Å². The number of carbonyl (C=O) groups is 5. The predicted octanol–water partition coefficient (Wildman–Crippen LogP) is -0.860. The van der Waals surface area contributed by atoms with E-state index < -0.39 is 53.8 Å². The first kappa shape index (κ1) is 29.7. The van der Waals surface area contributed by atoms with Crippen molar-refractivity contribution >= 4 is 42.2 Å². The molecule has 0 radical (unpaired) electrons. The molecule has 4 amide bonds. The summed E-state index contributed by atoms with van der Waals surface area (Å²) in [4.78, 5) is 60.1. The number of aliphatic carboxylic acids is 1. The molecule has 0 saturated heterocycles. The smallest absolute Gasteiger partial charge is 0.326 e. The van der Waals surface area contributed by atoms with Crippen LogP contribution in [0.3, 0.4) is 0 Å². The molecule has 5 unspecified atom stereocenters. The third-order valence-electron chi connectivity index (χ3n) is 4.97. The van der Waals surface area contributed by atoms with Gasteiger partial charge in [-0.25, -0.2) is 4.79 Å². The summed E-state index contributed by atoms with van der Waals surface area (Å²) >= 11 is 4.09. The third-order valence-corrected chi connectivity index (χ3v) is 5.33. The van der Waals surface area contributed by atoms with E-state index in [1.54, 1.807) is 6.92 Å². The molecule has 8 N–H and O–H groups in total. The molecule has 0 saturated carbocycles. The van der Waals surface area contributed by atoms with E-state index in [1.807, 2.05) is 20.8 Å². The van der Waals surface area contributed by atoms with E-state index in [-0.39, 0.29) is 36.9 Å². The fourth-order valence-corrected chi connectivity index (χ4v) is 3.07. The summed E-state index contributed by atoms with van der Waals surface area (Å²) in [6, 6.07) is -4.23. The van der Waals surface area contributed by atoms with Gasteiger partial charge in [-0.3, -0.25) is 19.2 Å². The van der Waals surface area contributed by atoms with Gasteiger partial charge in [0.25, 0.3) is 0 Å². The number of carbonyl (C=O) groups excluding carboxylic acids is 4. The van der Waals surface area contributed by atoms with Crippen LogP contribution < -0.4 is 27.4 Å². The van der Waals surface area contributed by atoms with Crippen molar-refractivity contribution < 1.29 is 29.1 Å². The first-order valence-electron chi connectivity index (χ1n) is 10.6. The van der Waals surface area contributed by atoms with E-state index >= 15 is 0 Å². The minimum absolute atomic E-state index is 0.0317. The molecule has 12 heteroatoms. The molecule has 32 heavy (non-hydrogen) atoms. The second-order valence-electron chi connectivity index (χ2n) is 8.26. The van der Waals surface area contributed by atoms with Gasteiger partial charge in [0.05, 0.1) is 6.04 Å². The lowest BCUT2D eigenvalue weighted by Crippen LogP contribution is -2.59. The minimum atomic E-state index is -1.18. The number of carboxylic acids is 1. The number of nitrogens with two attached hydrogens (primary N) is 2. The predicted molar refractivity (Wildman–Crippen MR) is 123 cm³/mol. The summed E-state index contributed by atoms with van der Waals surface area (Å²) in [6.07, 6.45) is 0.729. The highest BCUT2D eigenvalue weighted by molar-refractivity contribution is 7.80. The number of hydrogen-bond acceptors (Lipinski definition) is 7. The molecule has 11 nitrogen and oxygen atoms in total. The van der Waals surface area contributed by atoms with E-state index in [9.17, 15) is 29.1 Å². The molecule has 0 aromatic carbocycles. The van der Waals surface area contributed by atoms with Gasteiger partial charge in [0, 0.05) is 12.2 Å². The number of rotatable bonds is 15. The number of primary amides is 1. The van der Waals surface area contributed by atoms with Gasteiger partial charge in [-0.15, -0.1) is 0 Å². The Balaban J connectivity index is 5.27. The van der Waals surface area contributed by atoms with E-state index in [0.717, 1.165) is 0 Å². The maximum absolute atomic E-state index is 12.9. The number of amides is 4. The van der Waals surface area contributed by atoms with Crippen LogP contribution in [0.5, 0.6) is 0 Å². The van der Waals surface area contributed by atoms with Crippen molar-refractivity contribution in [2.45, 2.75) is 77.5 Å². The normalized spacial score (nSPS) is 15.7. The van der Waals surface area contributed by atoms with Crippen molar-refractivity contribution in [1.29, 1.82) is 0 Å². The number of hydrogen-bond donors (Lipinski definition) is 7. The molecule has 0 rings (SSSR count). The first-order valence-corrected chi connectivity index (χ1v) is 11.3. The Morgan fingerprint density at radius 2 is 1.50 bits per heavy atom. The lowest BCUT2D eigenvalue weighted by molar-refractivity contribution is -0.142. The molecule has 0 fully saturated rings. The minimum Gasteiger partial charge on any atom is -0.480 e. The van der Waals surface area contributed by atoms with Crippen molar-refractivity contribution in [2.75, 3.05) is 5.75 Å². The van der Waals surface area contributed by atoms with Gasteiger partial charge in [0.2, 0.25) is 23.6 Å². The lowest BCUT2D eigenvalue weighted by Gasteiger charge is -2.27. The van der Waals surface area contributed by atoms with Gasteiger partial charge in [-0.1, -0.05) is 34.1 Å². The third kappa shape index (κ3) is 10.8. The Bertz CT molecular complexity index is 675. The average Bonchev–Trinajstić information content (AvgIpc) is 2.71. The number of carboxylic acid groups (broad SMARTS) is 1. The van der Waals surface area contributed by atoms with Crippen LogP contribution in [-0.2, 0) is 24.0 Å². The zero-order valence-corrected chi connectivity index (χ0v) is 20.0. The monoisotopic (exact) mass is 475 g/mol. The molecule has 0 bridgehead atoms. The number of nitrogens with one attached hydrogen (secondary N) is 3. The Hall–Kier alpha value is -2.34. The van der Waals surface area contributed by atoms with Gasteiger partial charge in [0.1, 0.15) is 18.1 Å². The van der Waals surface area contributed by atoms with Crippen LogP contribution in [0, 0.1) is 11.8 Å². The maximum atomic E-state index is 12.9. The van der Waals surface area contributed by atoms with Gasteiger partial charge >= 0.3 is 5.97 Å². The highest BCUT2D eigenvalue weighted by Crippen LogP contribution is 2.10. The van der Waals surface area contributed by atoms with Gasteiger partial charge < -0.3 is 32.5 Å². The lowest BCUT2D eigenvalue weighted by atomic mass is 9.97. The number of thiol groups is 1. The molecule has 184 valence electrons. The molecule has 0 aromatic rings. The van der Waals surface area contributed by atoms with Crippen LogP contribution in [0.25, 0.3) is 0 Å². The second kappa shape index (κ2) is 14.7. The zero-order chi connectivity index (χ0) is 25.0. The van der Waals surface area contributed by atoms with Crippen molar-refractivity contribution in [1.82, 2.24) is 16.0 Å². The van der Waals surface area contributed by atoms with E-state index in [2.05, 4.69) is 28.6 Å². The molecule has 0 aliphatic carbocycles. The molecular weight excluding hydrogens is 438 g/mol. The Kier molecular flexibility index (Phi) is 13.6. The summed E-state index contributed by atoms with van der Waals surface area (Å²) in [5, 5.41) is 16.8. The quantitative estimate of drug-likeness (QED) is 0.150. The van der Waals surface area contributed by atoms with Crippen LogP contribution in [0.1, 0.15) is 53.4 Å². The fourth-order valence-electron chi connectivity index (χ4n) is 2.81. The van der Waals surface area contributed by atoms with E-state index in [4.69, 9.17) is 11.5 Å². The summed E-state index contributed by atoms with van der Waals surface area (Å²) in [6.45, 7) is 7.23. The molecule has 0 aliphatic heterocycles. The maximum Gasteiger partial charge on any atom is 0.326 e.